The van der Waals surface area contributed by atoms with Crippen LogP contribution in [-0.4, -0.2) is 39.3 Å². The topological polar surface area (TPSA) is 66.5 Å². The van der Waals surface area contributed by atoms with Crippen molar-refractivity contribution in [2.45, 2.75) is 4.90 Å². The summed E-state index contributed by atoms with van der Waals surface area (Å²) in [5.74, 6) is -0.427. The maximum atomic E-state index is 12.2. The zero-order valence-corrected chi connectivity index (χ0v) is 12.1. The Balaban J connectivity index is 3.18. The number of carbonyl (C=O) groups excluding carboxylic acids is 1. The monoisotopic (exact) mass is 310 g/mol. The minimum Gasteiger partial charge on any atom is -0.358 e. The van der Waals surface area contributed by atoms with E-state index in [0.29, 0.717) is 0 Å². The van der Waals surface area contributed by atoms with Gasteiger partial charge in [0.1, 0.15) is 4.90 Å². The summed E-state index contributed by atoms with van der Waals surface area (Å²) in [6.45, 7) is -0.305. The lowest BCUT2D eigenvalue weighted by molar-refractivity contribution is -0.120. The number of nitrogens with zero attached hydrogens (tertiary/aromatic N) is 1. The molecule has 0 bridgehead atoms. The molecule has 0 saturated heterocycles. The van der Waals surface area contributed by atoms with Crippen molar-refractivity contribution >= 4 is 39.1 Å². The van der Waals surface area contributed by atoms with Crippen LogP contribution in [0.15, 0.2) is 23.1 Å². The molecule has 1 aromatic carbocycles. The Bertz CT molecular complexity index is 540. The number of rotatable bonds is 4. The molecule has 0 radical (unpaired) electrons. The standard InChI is InChI=1S/C10H12Cl2N2O3S/c1-13-9(15)6-14(2)18(16,17)10-7(11)4-3-5-8(10)12/h3-5H,6H2,1-2H3,(H,13,15). The van der Waals surface area contributed by atoms with Crippen molar-refractivity contribution in [2.75, 3.05) is 20.6 Å². The van der Waals surface area contributed by atoms with Gasteiger partial charge in [0.2, 0.25) is 15.9 Å². The summed E-state index contributed by atoms with van der Waals surface area (Å²) >= 11 is 11.7. The van der Waals surface area contributed by atoms with E-state index in [1.54, 1.807) is 6.07 Å². The summed E-state index contributed by atoms with van der Waals surface area (Å²) in [6.07, 6.45) is 0. The number of amides is 1. The van der Waals surface area contributed by atoms with Crippen molar-refractivity contribution in [3.63, 3.8) is 0 Å². The summed E-state index contributed by atoms with van der Waals surface area (Å²) in [7, 11) is -1.19. The highest BCUT2D eigenvalue weighted by Crippen LogP contribution is 2.30. The van der Waals surface area contributed by atoms with Crippen molar-refractivity contribution in [2.24, 2.45) is 0 Å². The van der Waals surface area contributed by atoms with Gasteiger partial charge in [-0.3, -0.25) is 4.79 Å². The predicted molar refractivity (Wildman–Crippen MR) is 70.3 cm³/mol. The Morgan fingerprint density at radius 1 is 1.33 bits per heavy atom. The third-order valence-corrected chi connectivity index (χ3v) is 4.99. The van der Waals surface area contributed by atoms with Crippen LogP contribution in [0.4, 0.5) is 0 Å². The van der Waals surface area contributed by atoms with E-state index in [4.69, 9.17) is 23.2 Å². The summed E-state index contributed by atoms with van der Waals surface area (Å²) in [5.41, 5.74) is 0. The summed E-state index contributed by atoms with van der Waals surface area (Å²) in [6, 6.07) is 4.39. The molecular formula is C10H12Cl2N2O3S. The number of hydrogen-bond donors (Lipinski definition) is 1. The van der Waals surface area contributed by atoms with Crippen LogP contribution >= 0.6 is 23.2 Å². The molecule has 5 nitrogen and oxygen atoms in total. The molecule has 100 valence electrons. The fourth-order valence-electron chi connectivity index (χ4n) is 1.25. The quantitative estimate of drug-likeness (QED) is 0.913. The van der Waals surface area contributed by atoms with Crippen molar-refractivity contribution in [3.05, 3.63) is 28.2 Å². The maximum Gasteiger partial charge on any atom is 0.246 e. The highest BCUT2D eigenvalue weighted by molar-refractivity contribution is 7.89. The van der Waals surface area contributed by atoms with Gasteiger partial charge in [0, 0.05) is 14.1 Å². The van der Waals surface area contributed by atoms with Crippen LogP contribution < -0.4 is 5.32 Å². The molecule has 0 spiro atoms. The van der Waals surface area contributed by atoms with Crippen molar-refractivity contribution in [3.8, 4) is 0 Å². The van der Waals surface area contributed by atoms with Gasteiger partial charge in [-0.1, -0.05) is 29.3 Å². The van der Waals surface area contributed by atoms with Crippen LogP contribution in [0.25, 0.3) is 0 Å². The number of carbonyl (C=O) groups is 1. The van der Waals surface area contributed by atoms with Gasteiger partial charge in [-0.25, -0.2) is 8.42 Å². The van der Waals surface area contributed by atoms with Crippen LogP contribution in [0, 0.1) is 0 Å². The molecule has 0 atom stereocenters. The van der Waals surface area contributed by atoms with Crippen molar-refractivity contribution in [1.29, 1.82) is 0 Å². The van der Waals surface area contributed by atoms with E-state index >= 15 is 0 Å². The Labute approximate surface area is 116 Å². The van der Waals surface area contributed by atoms with Gasteiger partial charge < -0.3 is 5.32 Å². The second-order valence-electron chi connectivity index (χ2n) is 3.49. The Hall–Kier alpha value is -0.820. The lowest BCUT2D eigenvalue weighted by Crippen LogP contribution is -2.37. The minimum absolute atomic E-state index is 0.0197. The first kappa shape index (κ1) is 15.2. The molecule has 0 unspecified atom stereocenters. The summed E-state index contributed by atoms with van der Waals surface area (Å²) in [5, 5.41) is 2.38. The van der Waals surface area contributed by atoms with Crippen LogP contribution in [0.3, 0.4) is 0 Å². The molecule has 0 saturated carbocycles. The number of hydrogen-bond acceptors (Lipinski definition) is 3. The lowest BCUT2D eigenvalue weighted by Gasteiger charge is -2.17. The molecule has 0 aliphatic rings. The SMILES string of the molecule is CNC(=O)CN(C)S(=O)(=O)c1c(Cl)cccc1Cl. The molecule has 0 aromatic heterocycles. The van der Waals surface area contributed by atoms with Crippen LogP contribution in [-0.2, 0) is 14.8 Å². The van der Waals surface area contributed by atoms with Crippen LogP contribution in [0.5, 0.6) is 0 Å². The normalized spacial score (nSPS) is 11.6. The van der Waals surface area contributed by atoms with Crippen molar-refractivity contribution < 1.29 is 13.2 Å². The van der Waals surface area contributed by atoms with E-state index in [2.05, 4.69) is 5.32 Å². The van der Waals surface area contributed by atoms with Gasteiger partial charge in [-0.05, 0) is 12.1 Å². The zero-order valence-electron chi connectivity index (χ0n) is 9.78. The van der Waals surface area contributed by atoms with Gasteiger partial charge in [0.25, 0.3) is 0 Å². The molecule has 1 N–H and O–H groups in total. The molecular weight excluding hydrogens is 299 g/mol. The third-order valence-electron chi connectivity index (χ3n) is 2.23. The molecule has 0 heterocycles. The van der Waals surface area contributed by atoms with Gasteiger partial charge in [-0.15, -0.1) is 0 Å². The van der Waals surface area contributed by atoms with Gasteiger partial charge in [0.05, 0.1) is 16.6 Å². The fraction of sp³-hybridized carbons (Fsp3) is 0.300. The molecule has 0 aliphatic heterocycles. The second-order valence-corrected chi connectivity index (χ2v) is 6.28. The Morgan fingerprint density at radius 2 is 1.83 bits per heavy atom. The van der Waals surface area contributed by atoms with E-state index in [-0.39, 0.29) is 21.5 Å². The summed E-state index contributed by atoms with van der Waals surface area (Å²) < 4.78 is 25.3. The molecule has 18 heavy (non-hydrogen) atoms. The van der Waals surface area contributed by atoms with Crippen LogP contribution in [0.2, 0.25) is 10.0 Å². The predicted octanol–water partition coefficient (Wildman–Crippen LogP) is 1.36. The first-order valence-electron chi connectivity index (χ1n) is 4.91. The van der Waals surface area contributed by atoms with E-state index in [9.17, 15) is 13.2 Å². The Morgan fingerprint density at radius 3 is 2.28 bits per heavy atom. The average molecular weight is 311 g/mol. The zero-order chi connectivity index (χ0) is 13.9. The Kier molecular flexibility index (Phi) is 4.98. The number of sulfonamides is 1. The number of halogens is 2. The van der Waals surface area contributed by atoms with Gasteiger partial charge >= 0.3 is 0 Å². The number of benzene rings is 1. The highest BCUT2D eigenvalue weighted by Gasteiger charge is 2.27. The largest absolute Gasteiger partial charge is 0.358 e. The van der Waals surface area contributed by atoms with E-state index < -0.39 is 15.9 Å². The third kappa shape index (κ3) is 3.14. The van der Waals surface area contributed by atoms with E-state index in [1.165, 1.54) is 26.2 Å². The van der Waals surface area contributed by atoms with E-state index in [1.807, 2.05) is 0 Å². The molecule has 1 amide bonds. The molecule has 0 aliphatic carbocycles. The van der Waals surface area contributed by atoms with Gasteiger partial charge in [0.15, 0.2) is 0 Å². The van der Waals surface area contributed by atoms with E-state index in [0.717, 1.165) is 4.31 Å². The maximum absolute atomic E-state index is 12.2. The average Bonchev–Trinajstić information content (AvgIpc) is 2.28. The second kappa shape index (κ2) is 5.88. The van der Waals surface area contributed by atoms with Gasteiger partial charge in [-0.2, -0.15) is 4.31 Å². The first-order valence-corrected chi connectivity index (χ1v) is 7.11. The summed E-state index contributed by atoms with van der Waals surface area (Å²) in [4.78, 5) is 11.0. The molecule has 1 rings (SSSR count). The highest BCUT2D eigenvalue weighted by atomic mass is 35.5. The van der Waals surface area contributed by atoms with Crippen LogP contribution in [0.1, 0.15) is 0 Å². The minimum atomic E-state index is -3.90. The molecule has 8 heteroatoms. The first-order chi connectivity index (χ1) is 8.30. The lowest BCUT2D eigenvalue weighted by atomic mass is 10.4. The smallest absolute Gasteiger partial charge is 0.246 e. The molecule has 0 fully saturated rings. The number of likely N-dealkylation sites (N-methyl/N-ethyl adjacent to an activating group) is 2. The number of nitrogens with one attached hydrogen (secondary N) is 1. The molecule has 1 aromatic rings. The fourth-order valence-corrected chi connectivity index (χ4v) is 3.46. The van der Waals surface area contributed by atoms with Crippen molar-refractivity contribution in [1.82, 2.24) is 9.62 Å².